The molecule has 0 radical (unpaired) electrons. The van der Waals surface area contributed by atoms with Gasteiger partial charge in [-0.05, 0) is 26.9 Å². The molecule has 3 heteroatoms. The molecule has 0 spiro atoms. The number of hydrogen-bond acceptors (Lipinski definition) is 3. The standard InChI is InChI=1S/C16H35N3/c1-4-5-6-7-8-9-10-15(17)13-16-14-18(2)11-12-19(16)3/h15-16H,4-14,17H2,1-3H3. The molecular weight excluding hydrogens is 234 g/mol. The Morgan fingerprint density at radius 2 is 1.74 bits per heavy atom. The van der Waals surface area contributed by atoms with Gasteiger partial charge in [0, 0.05) is 31.7 Å². The highest BCUT2D eigenvalue weighted by Crippen LogP contribution is 2.15. The number of likely N-dealkylation sites (N-methyl/N-ethyl adjacent to an activating group) is 2. The fourth-order valence-corrected chi connectivity index (χ4v) is 3.01. The van der Waals surface area contributed by atoms with Crippen LogP contribution < -0.4 is 5.73 Å². The molecule has 0 aromatic carbocycles. The van der Waals surface area contributed by atoms with E-state index in [1.54, 1.807) is 0 Å². The highest BCUT2D eigenvalue weighted by Gasteiger charge is 2.23. The third-order valence-corrected chi connectivity index (χ3v) is 4.48. The highest BCUT2D eigenvalue weighted by atomic mass is 15.3. The van der Waals surface area contributed by atoms with Crippen molar-refractivity contribution in [2.75, 3.05) is 33.7 Å². The van der Waals surface area contributed by atoms with Crippen LogP contribution in [0.25, 0.3) is 0 Å². The van der Waals surface area contributed by atoms with E-state index < -0.39 is 0 Å². The Balaban J connectivity index is 2.07. The van der Waals surface area contributed by atoms with Crippen LogP contribution in [0.5, 0.6) is 0 Å². The zero-order chi connectivity index (χ0) is 14.1. The molecular formula is C16H35N3. The van der Waals surface area contributed by atoms with Crippen LogP contribution in [0, 0.1) is 0 Å². The van der Waals surface area contributed by atoms with E-state index in [1.165, 1.54) is 64.6 Å². The fraction of sp³-hybridized carbons (Fsp3) is 1.00. The third kappa shape index (κ3) is 7.28. The maximum Gasteiger partial charge on any atom is 0.0235 e. The molecule has 3 nitrogen and oxygen atoms in total. The lowest BCUT2D eigenvalue weighted by Gasteiger charge is -2.38. The second-order valence-electron chi connectivity index (χ2n) is 6.45. The molecule has 1 aliphatic rings. The van der Waals surface area contributed by atoms with E-state index in [0.29, 0.717) is 12.1 Å². The second-order valence-corrected chi connectivity index (χ2v) is 6.45. The highest BCUT2D eigenvalue weighted by molar-refractivity contribution is 4.82. The van der Waals surface area contributed by atoms with Gasteiger partial charge in [-0.25, -0.2) is 0 Å². The van der Waals surface area contributed by atoms with Gasteiger partial charge in [0.05, 0.1) is 0 Å². The molecule has 2 atom stereocenters. The zero-order valence-corrected chi connectivity index (χ0v) is 13.4. The topological polar surface area (TPSA) is 32.5 Å². The van der Waals surface area contributed by atoms with E-state index in [2.05, 4.69) is 30.8 Å². The quantitative estimate of drug-likeness (QED) is 0.653. The summed E-state index contributed by atoms with van der Waals surface area (Å²) < 4.78 is 0. The van der Waals surface area contributed by atoms with E-state index in [-0.39, 0.29) is 0 Å². The van der Waals surface area contributed by atoms with Crippen molar-refractivity contribution < 1.29 is 0 Å². The third-order valence-electron chi connectivity index (χ3n) is 4.48. The summed E-state index contributed by atoms with van der Waals surface area (Å²) in [6.45, 7) is 5.83. The summed E-state index contributed by atoms with van der Waals surface area (Å²) in [4.78, 5) is 4.92. The van der Waals surface area contributed by atoms with Crippen molar-refractivity contribution >= 4 is 0 Å². The molecule has 19 heavy (non-hydrogen) atoms. The molecule has 0 bridgehead atoms. The number of unbranched alkanes of at least 4 members (excludes halogenated alkanes) is 5. The maximum atomic E-state index is 6.31. The Morgan fingerprint density at radius 1 is 1.05 bits per heavy atom. The van der Waals surface area contributed by atoms with Crippen molar-refractivity contribution in [2.24, 2.45) is 5.73 Å². The van der Waals surface area contributed by atoms with Gasteiger partial charge >= 0.3 is 0 Å². The van der Waals surface area contributed by atoms with Crippen LogP contribution in [0.15, 0.2) is 0 Å². The van der Waals surface area contributed by atoms with E-state index in [4.69, 9.17) is 5.73 Å². The number of piperazine rings is 1. The minimum absolute atomic E-state index is 0.394. The molecule has 1 rings (SSSR count). The van der Waals surface area contributed by atoms with Crippen molar-refractivity contribution in [2.45, 2.75) is 70.4 Å². The van der Waals surface area contributed by atoms with Gasteiger partial charge < -0.3 is 15.5 Å². The molecule has 0 aromatic rings. The molecule has 0 amide bonds. The van der Waals surface area contributed by atoms with Gasteiger partial charge in [0.25, 0.3) is 0 Å². The summed E-state index contributed by atoms with van der Waals surface area (Å²) in [6, 6.07) is 1.05. The smallest absolute Gasteiger partial charge is 0.0235 e. The summed E-state index contributed by atoms with van der Waals surface area (Å²) in [6.07, 6.45) is 10.6. The fourth-order valence-electron chi connectivity index (χ4n) is 3.01. The average Bonchev–Trinajstić information content (AvgIpc) is 2.38. The lowest BCUT2D eigenvalue weighted by molar-refractivity contribution is 0.103. The van der Waals surface area contributed by atoms with Gasteiger partial charge in [-0.1, -0.05) is 45.4 Å². The van der Waals surface area contributed by atoms with Gasteiger partial charge in [0.2, 0.25) is 0 Å². The normalized spacial score (nSPS) is 23.7. The zero-order valence-electron chi connectivity index (χ0n) is 13.4. The van der Waals surface area contributed by atoms with Crippen LogP contribution in [-0.4, -0.2) is 55.6 Å². The Labute approximate surface area is 120 Å². The van der Waals surface area contributed by atoms with Gasteiger partial charge in [0.1, 0.15) is 0 Å². The summed E-state index contributed by atoms with van der Waals surface area (Å²) >= 11 is 0. The first-order valence-corrected chi connectivity index (χ1v) is 8.27. The molecule has 114 valence electrons. The first kappa shape index (κ1) is 16.9. The van der Waals surface area contributed by atoms with Crippen molar-refractivity contribution in [3.63, 3.8) is 0 Å². The molecule has 0 saturated carbocycles. The molecule has 1 fully saturated rings. The van der Waals surface area contributed by atoms with Gasteiger partial charge in [-0.2, -0.15) is 0 Å². The molecule has 0 aliphatic carbocycles. The molecule has 1 heterocycles. The molecule has 1 aliphatic heterocycles. The van der Waals surface area contributed by atoms with E-state index >= 15 is 0 Å². The summed E-state index contributed by atoms with van der Waals surface area (Å²) in [5, 5.41) is 0. The van der Waals surface area contributed by atoms with Crippen LogP contribution in [0.2, 0.25) is 0 Å². The van der Waals surface area contributed by atoms with E-state index in [1.807, 2.05) is 0 Å². The monoisotopic (exact) mass is 269 g/mol. The van der Waals surface area contributed by atoms with Crippen LogP contribution in [0.3, 0.4) is 0 Å². The van der Waals surface area contributed by atoms with E-state index in [0.717, 1.165) is 6.42 Å². The summed E-state index contributed by atoms with van der Waals surface area (Å²) in [7, 11) is 4.47. The largest absolute Gasteiger partial charge is 0.328 e. The maximum absolute atomic E-state index is 6.31. The first-order valence-electron chi connectivity index (χ1n) is 8.27. The Bertz CT molecular complexity index is 220. The van der Waals surface area contributed by atoms with E-state index in [9.17, 15) is 0 Å². The predicted molar refractivity (Wildman–Crippen MR) is 84.5 cm³/mol. The number of rotatable bonds is 9. The predicted octanol–water partition coefficient (Wildman–Crippen LogP) is 2.70. The molecule has 2 N–H and O–H groups in total. The van der Waals surface area contributed by atoms with Crippen molar-refractivity contribution in [1.29, 1.82) is 0 Å². The van der Waals surface area contributed by atoms with Gasteiger partial charge in [0.15, 0.2) is 0 Å². The lowest BCUT2D eigenvalue weighted by atomic mass is 9.99. The van der Waals surface area contributed by atoms with Crippen molar-refractivity contribution in [3.8, 4) is 0 Å². The van der Waals surface area contributed by atoms with Gasteiger partial charge in [-0.3, -0.25) is 0 Å². The summed E-state index contributed by atoms with van der Waals surface area (Å²) in [5.41, 5.74) is 6.31. The Morgan fingerprint density at radius 3 is 2.47 bits per heavy atom. The molecule has 2 unspecified atom stereocenters. The number of nitrogens with two attached hydrogens (primary N) is 1. The van der Waals surface area contributed by atoms with Gasteiger partial charge in [-0.15, -0.1) is 0 Å². The second kappa shape index (κ2) is 9.73. The van der Waals surface area contributed by atoms with Crippen LogP contribution in [0.1, 0.15) is 58.3 Å². The minimum atomic E-state index is 0.394. The molecule has 1 saturated heterocycles. The average molecular weight is 269 g/mol. The number of hydrogen-bond donors (Lipinski definition) is 1. The number of nitrogens with zero attached hydrogens (tertiary/aromatic N) is 2. The molecule has 0 aromatic heterocycles. The minimum Gasteiger partial charge on any atom is -0.328 e. The van der Waals surface area contributed by atoms with Crippen molar-refractivity contribution in [3.05, 3.63) is 0 Å². The Hall–Kier alpha value is -0.120. The van der Waals surface area contributed by atoms with Crippen LogP contribution in [-0.2, 0) is 0 Å². The lowest BCUT2D eigenvalue weighted by Crippen LogP contribution is -2.51. The SMILES string of the molecule is CCCCCCCCC(N)CC1CN(C)CCN1C. The first-order chi connectivity index (χ1) is 9.13. The van der Waals surface area contributed by atoms with Crippen LogP contribution in [0.4, 0.5) is 0 Å². The van der Waals surface area contributed by atoms with Crippen LogP contribution >= 0.6 is 0 Å². The van der Waals surface area contributed by atoms with Crippen molar-refractivity contribution in [1.82, 2.24) is 9.80 Å². The Kier molecular flexibility index (Phi) is 8.67. The summed E-state index contributed by atoms with van der Waals surface area (Å²) in [5.74, 6) is 0.